The zero-order chi connectivity index (χ0) is 19.1. The van der Waals surface area contributed by atoms with E-state index in [2.05, 4.69) is 15.6 Å². The number of para-hydroxylation sites is 1. The molecule has 138 valence electrons. The van der Waals surface area contributed by atoms with E-state index in [4.69, 9.17) is 0 Å². The first-order chi connectivity index (χ1) is 13.2. The third kappa shape index (κ3) is 4.91. The molecular formula is C22H22FN3O. The van der Waals surface area contributed by atoms with Gasteiger partial charge in [0.25, 0.3) is 5.91 Å². The molecule has 3 aromatic rings. The van der Waals surface area contributed by atoms with E-state index in [1.165, 1.54) is 12.3 Å². The zero-order valence-electron chi connectivity index (χ0n) is 15.2. The van der Waals surface area contributed by atoms with Crippen molar-refractivity contribution in [3.63, 3.8) is 0 Å². The number of pyridine rings is 1. The van der Waals surface area contributed by atoms with Gasteiger partial charge in [0.1, 0.15) is 5.82 Å². The van der Waals surface area contributed by atoms with Crippen LogP contribution in [0.15, 0.2) is 67.0 Å². The number of aromatic nitrogens is 1. The molecule has 2 N–H and O–H groups in total. The molecule has 2 aromatic carbocycles. The fourth-order valence-corrected chi connectivity index (χ4v) is 2.85. The van der Waals surface area contributed by atoms with Gasteiger partial charge in [0.05, 0.1) is 11.3 Å². The Balaban J connectivity index is 1.63. The van der Waals surface area contributed by atoms with E-state index in [9.17, 15) is 9.18 Å². The van der Waals surface area contributed by atoms with Crippen LogP contribution in [0.5, 0.6) is 0 Å². The first kappa shape index (κ1) is 18.6. The molecule has 0 aliphatic heterocycles. The molecule has 3 rings (SSSR count). The molecule has 0 aliphatic carbocycles. The van der Waals surface area contributed by atoms with E-state index in [1.807, 2.05) is 37.3 Å². The van der Waals surface area contributed by atoms with Crippen molar-refractivity contribution in [2.75, 3.05) is 17.2 Å². The Bertz CT molecular complexity index is 927. The summed E-state index contributed by atoms with van der Waals surface area (Å²) in [4.78, 5) is 16.7. The Morgan fingerprint density at radius 2 is 1.78 bits per heavy atom. The lowest BCUT2D eigenvalue weighted by atomic mass is 10.1. The molecule has 0 aliphatic rings. The lowest BCUT2D eigenvalue weighted by molar-refractivity contribution is 0.102. The first-order valence-corrected chi connectivity index (χ1v) is 8.99. The van der Waals surface area contributed by atoms with Gasteiger partial charge >= 0.3 is 0 Å². The van der Waals surface area contributed by atoms with E-state index in [1.54, 1.807) is 24.4 Å². The van der Waals surface area contributed by atoms with Crippen molar-refractivity contribution in [3.8, 4) is 0 Å². The quantitative estimate of drug-likeness (QED) is 0.640. The second-order valence-corrected chi connectivity index (χ2v) is 6.20. The lowest BCUT2D eigenvalue weighted by Gasteiger charge is -2.11. The largest absolute Gasteiger partial charge is 0.383 e. The molecule has 0 spiro atoms. The molecule has 27 heavy (non-hydrogen) atoms. The molecule has 0 fully saturated rings. The van der Waals surface area contributed by atoms with Crippen LogP contribution in [0.2, 0.25) is 0 Å². The van der Waals surface area contributed by atoms with Crippen LogP contribution >= 0.6 is 0 Å². The van der Waals surface area contributed by atoms with E-state index in [-0.39, 0.29) is 11.7 Å². The summed E-state index contributed by atoms with van der Waals surface area (Å²) >= 11 is 0. The topological polar surface area (TPSA) is 54.0 Å². The van der Waals surface area contributed by atoms with Gasteiger partial charge in [0.15, 0.2) is 0 Å². The van der Waals surface area contributed by atoms with Gasteiger partial charge in [-0.15, -0.1) is 0 Å². The molecule has 0 unspecified atom stereocenters. The molecule has 5 heteroatoms. The SMILES string of the molecule is CCc1ccccc1NC(=O)c1cncc(NCCc2ccccc2F)c1. The summed E-state index contributed by atoms with van der Waals surface area (Å²) in [6.07, 6.45) is 4.57. The molecule has 0 bridgehead atoms. The number of aryl methyl sites for hydroxylation is 1. The summed E-state index contributed by atoms with van der Waals surface area (Å²) in [5.41, 5.74) is 3.74. The number of carbonyl (C=O) groups excluding carboxylic acids is 1. The van der Waals surface area contributed by atoms with Gasteiger partial charge in [0.2, 0.25) is 0 Å². The molecule has 0 radical (unpaired) electrons. The lowest BCUT2D eigenvalue weighted by Crippen LogP contribution is -2.14. The molecule has 0 saturated heterocycles. The average molecular weight is 363 g/mol. The Labute approximate surface area is 158 Å². The van der Waals surface area contributed by atoms with Crippen LogP contribution in [-0.4, -0.2) is 17.4 Å². The van der Waals surface area contributed by atoms with Gasteiger partial charge in [-0.2, -0.15) is 0 Å². The summed E-state index contributed by atoms with van der Waals surface area (Å²) in [6.45, 7) is 2.60. The highest BCUT2D eigenvalue weighted by Gasteiger charge is 2.10. The second-order valence-electron chi connectivity index (χ2n) is 6.20. The van der Waals surface area contributed by atoms with Gasteiger partial charge < -0.3 is 10.6 Å². The summed E-state index contributed by atoms with van der Waals surface area (Å²) in [6, 6.07) is 16.2. The van der Waals surface area contributed by atoms with E-state index in [0.717, 1.165) is 23.4 Å². The highest BCUT2D eigenvalue weighted by molar-refractivity contribution is 6.04. The molecular weight excluding hydrogens is 341 g/mol. The summed E-state index contributed by atoms with van der Waals surface area (Å²) < 4.78 is 13.7. The smallest absolute Gasteiger partial charge is 0.257 e. The van der Waals surface area contributed by atoms with Crippen molar-refractivity contribution in [1.82, 2.24) is 4.98 Å². The number of halogens is 1. The predicted octanol–water partition coefficient (Wildman–Crippen LogP) is 4.69. The minimum atomic E-state index is -0.208. The van der Waals surface area contributed by atoms with Crippen molar-refractivity contribution in [2.24, 2.45) is 0 Å². The van der Waals surface area contributed by atoms with Crippen LogP contribution in [0.25, 0.3) is 0 Å². The van der Waals surface area contributed by atoms with Crippen molar-refractivity contribution in [1.29, 1.82) is 0 Å². The number of carbonyl (C=O) groups is 1. The third-order valence-electron chi connectivity index (χ3n) is 4.33. The number of benzene rings is 2. The molecule has 0 saturated carbocycles. The van der Waals surface area contributed by atoms with Crippen molar-refractivity contribution >= 4 is 17.3 Å². The number of hydrogen-bond donors (Lipinski definition) is 2. The summed E-state index contributed by atoms with van der Waals surface area (Å²) in [7, 11) is 0. The van der Waals surface area contributed by atoms with Crippen molar-refractivity contribution < 1.29 is 9.18 Å². The standard InChI is InChI=1S/C22H22FN3O/c1-2-16-7-4-6-10-21(16)26-22(27)18-13-19(15-24-14-18)25-12-11-17-8-3-5-9-20(17)23/h3-10,13-15,25H,2,11-12H2,1H3,(H,26,27). The Morgan fingerprint density at radius 3 is 2.56 bits per heavy atom. The highest BCUT2D eigenvalue weighted by Crippen LogP contribution is 2.17. The van der Waals surface area contributed by atoms with E-state index in [0.29, 0.717) is 24.1 Å². The third-order valence-corrected chi connectivity index (χ3v) is 4.33. The van der Waals surface area contributed by atoms with Crippen LogP contribution in [-0.2, 0) is 12.8 Å². The maximum atomic E-state index is 13.7. The average Bonchev–Trinajstić information content (AvgIpc) is 2.70. The number of nitrogens with zero attached hydrogens (tertiary/aromatic N) is 1. The van der Waals surface area contributed by atoms with Crippen molar-refractivity contribution in [2.45, 2.75) is 19.8 Å². The highest BCUT2D eigenvalue weighted by atomic mass is 19.1. The maximum Gasteiger partial charge on any atom is 0.257 e. The van der Waals surface area contributed by atoms with Crippen LogP contribution in [0.1, 0.15) is 28.4 Å². The Morgan fingerprint density at radius 1 is 1.04 bits per heavy atom. The molecule has 1 heterocycles. The minimum absolute atomic E-state index is 0.207. The number of rotatable bonds is 7. The first-order valence-electron chi connectivity index (χ1n) is 8.99. The zero-order valence-corrected chi connectivity index (χ0v) is 15.2. The van der Waals surface area contributed by atoms with E-state index >= 15 is 0 Å². The number of hydrogen-bond acceptors (Lipinski definition) is 3. The normalized spacial score (nSPS) is 10.4. The Kier molecular flexibility index (Phi) is 6.15. The fourth-order valence-electron chi connectivity index (χ4n) is 2.85. The maximum absolute atomic E-state index is 13.7. The van der Waals surface area contributed by atoms with Gasteiger partial charge in [-0.3, -0.25) is 9.78 Å². The van der Waals surface area contributed by atoms with Crippen LogP contribution < -0.4 is 10.6 Å². The minimum Gasteiger partial charge on any atom is -0.383 e. The number of nitrogens with one attached hydrogen (secondary N) is 2. The number of amides is 1. The second kappa shape index (κ2) is 8.94. The van der Waals surface area contributed by atoms with Gasteiger partial charge in [-0.05, 0) is 42.2 Å². The summed E-state index contributed by atoms with van der Waals surface area (Å²) in [5, 5.41) is 6.13. The van der Waals surface area contributed by atoms with Crippen LogP contribution in [0.3, 0.4) is 0 Å². The fraction of sp³-hybridized carbons (Fsp3) is 0.182. The van der Waals surface area contributed by atoms with Crippen LogP contribution in [0.4, 0.5) is 15.8 Å². The number of anilines is 2. The van der Waals surface area contributed by atoms with Gasteiger partial charge in [-0.1, -0.05) is 43.3 Å². The molecule has 4 nitrogen and oxygen atoms in total. The predicted molar refractivity (Wildman–Crippen MR) is 107 cm³/mol. The monoisotopic (exact) mass is 363 g/mol. The summed E-state index contributed by atoms with van der Waals surface area (Å²) in [5.74, 6) is -0.415. The molecule has 0 atom stereocenters. The van der Waals surface area contributed by atoms with E-state index < -0.39 is 0 Å². The van der Waals surface area contributed by atoms with Crippen molar-refractivity contribution in [3.05, 3.63) is 89.5 Å². The van der Waals surface area contributed by atoms with Gasteiger partial charge in [0, 0.05) is 24.6 Å². The molecule has 1 aromatic heterocycles. The van der Waals surface area contributed by atoms with Gasteiger partial charge in [-0.25, -0.2) is 4.39 Å². The van der Waals surface area contributed by atoms with Crippen LogP contribution in [0, 0.1) is 5.82 Å². The Hall–Kier alpha value is -3.21. The molecule has 1 amide bonds.